The van der Waals surface area contributed by atoms with Crippen molar-refractivity contribution in [2.75, 3.05) is 18.1 Å². The topological polar surface area (TPSA) is 35.5 Å². The molecule has 3 nitrogen and oxygen atoms in total. The molecule has 124 valence electrons. The highest BCUT2D eigenvalue weighted by molar-refractivity contribution is 7.97. The van der Waals surface area contributed by atoms with Crippen molar-refractivity contribution in [1.29, 1.82) is 0 Å². The SMILES string of the molecule is C#CC(C)(C)OC(=O)COc1c(C)cc([S+]2CCCC2)cc1C. The number of carbonyl (C=O) groups is 1. The summed E-state index contributed by atoms with van der Waals surface area (Å²) >= 11 is 0. The fraction of sp³-hybridized carbons (Fsp3) is 0.526. The molecule has 1 aliphatic rings. The molecule has 1 aromatic carbocycles. The van der Waals surface area contributed by atoms with Gasteiger partial charge in [-0.3, -0.25) is 0 Å². The van der Waals surface area contributed by atoms with E-state index < -0.39 is 11.6 Å². The molecule has 4 heteroatoms. The van der Waals surface area contributed by atoms with Crippen LogP contribution in [0.15, 0.2) is 17.0 Å². The lowest BCUT2D eigenvalue weighted by atomic mass is 10.1. The minimum atomic E-state index is -0.905. The van der Waals surface area contributed by atoms with Gasteiger partial charge in [-0.2, -0.15) is 0 Å². The van der Waals surface area contributed by atoms with Crippen LogP contribution in [0.1, 0.15) is 37.8 Å². The van der Waals surface area contributed by atoms with Crippen LogP contribution >= 0.6 is 0 Å². The van der Waals surface area contributed by atoms with E-state index in [-0.39, 0.29) is 6.61 Å². The highest BCUT2D eigenvalue weighted by atomic mass is 32.2. The summed E-state index contributed by atoms with van der Waals surface area (Å²) in [5, 5.41) is 0. The van der Waals surface area contributed by atoms with Crippen molar-refractivity contribution in [3.63, 3.8) is 0 Å². The average Bonchev–Trinajstić information content (AvgIpc) is 3.00. The summed E-state index contributed by atoms with van der Waals surface area (Å²) in [7, 11) is 0.384. The third kappa shape index (κ3) is 4.68. The van der Waals surface area contributed by atoms with Gasteiger partial charge in [-0.25, -0.2) is 4.79 Å². The zero-order chi connectivity index (χ0) is 17.0. The molecule has 0 radical (unpaired) electrons. The molecule has 1 aromatic rings. The predicted octanol–water partition coefficient (Wildman–Crippen LogP) is 3.41. The van der Waals surface area contributed by atoms with Crippen molar-refractivity contribution in [3.05, 3.63) is 23.3 Å². The summed E-state index contributed by atoms with van der Waals surface area (Å²) in [4.78, 5) is 13.3. The smallest absolute Gasteiger partial charge is 0.345 e. The Morgan fingerprint density at radius 2 is 1.83 bits per heavy atom. The minimum Gasteiger partial charge on any atom is -0.481 e. The standard InChI is InChI=1S/C19H25O3S/c1-6-19(4,5)22-17(20)13-21-18-14(2)11-16(12-15(18)3)23-9-7-8-10-23/h1,11-12H,7-10,13H2,2-5H3/q+1. The van der Waals surface area contributed by atoms with Gasteiger partial charge in [0.25, 0.3) is 0 Å². The molecule has 0 N–H and O–H groups in total. The molecular formula is C19H25O3S+. The molecule has 1 fully saturated rings. The monoisotopic (exact) mass is 333 g/mol. The van der Waals surface area contributed by atoms with Crippen molar-refractivity contribution in [1.82, 2.24) is 0 Å². The van der Waals surface area contributed by atoms with E-state index in [9.17, 15) is 4.79 Å². The van der Waals surface area contributed by atoms with E-state index in [1.54, 1.807) is 13.8 Å². The van der Waals surface area contributed by atoms with E-state index in [0.29, 0.717) is 10.9 Å². The number of hydrogen-bond donors (Lipinski definition) is 0. The number of aryl methyl sites for hydroxylation is 2. The normalized spacial score (nSPS) is 15.3. The van der Waals surface area contributed by atoms with Gasteiger partial charge >= 0.3 is 5.97 Å². The van der Waals surface area contributed by atoms with Crippen molar-refractivity contribution in [2.24, 2.45) is 0 Å². The van der Waals surface area contributed by atoms with Crippen molar-refractivity contribution < 1.29 is 14.3 Å². The number of benzene rings is 1. The van der Waals surface area contributed by atoms with Crippen LogP contribution in [0.5, 0.6) is 5.75 Å². The summed E-state index contributed by atoms with van der Waals surface area (Å²) in [6.07, 6.45) is 7.98. The van der Waals surface area contributed by atoms with Crippen LogP contribution in [-0.2, 0) is 20.4 Å². The fourth-order valence-corrected chi connectivity index (χ4v) is 5.14. The molecule has 1 heterocycles. The zero-order valence-corrected chi connectivity index (χ0v) is 15.2. The Balaban J connectivity index is 2.03. The predicted molar refractivity (Wildman–Crippen MR) is 95.0 cm³/mol. The van der Waals surface area contributed by atoms with Gasteiger partial charge in [0.2, 0.25) is 0 Å². The summed E-state index contributed by atoms with van der Waals surface area (Å²) < 4.78 is 10.9. The van der Waals surface area contributed by atoms with Crippen LogP contribution in [0.4, 0.5) is 0 Å². The number of hydrogen-bond acceptors (Lipinski definition) is 3. The number of carbonyl (C=O) groups excluding carboxylic acids is 1. The first kappa shape index (κ1) is 17.7. The second kappa shape index (κ2) is 7.31. The lowest BCUT2D eigenvalue weighted by Gasteiger charge is -2.19. The second-order valence-corrected chi connectivity index (χ2v) is 8.69. The Bertz CT molecular complexity index is 599. The summed E-state index contributed by atoms with van der Waals surface area (Å²) in [6.45, 7) is 7.29. The Hall–Kier alpha value is -1.60. The van der Waals surface area contributed by atoms with E-state index in [1.807, 2.05) is 13.8 Å². The van der Waals surface area contributed by atoms with Gasteiger partial charge in [0, 0.05) is 10.9 Å². The Morgan fingerprint density at radius 1 is 1.26 bits per heavy atom. The molecule has 0 spiro atoms. The molecule has 0 bridgehead atoms. The van der Waals surface area contributed by atoms with Gasteiger partial charge in [0.15, 0.2) is 17.1 Å². The van der Waals surface area contributed by atoms with E-state index in [2.05, 4.69) is 18.1 Å². The number of terminal acetylenes is 1. The maximum Gasteiger partial charge on any atom is 0.345 e. The maximum atomic E-state index is 11.8. The third-order valence-electron chi connectivity index (χ3n) is 3.85. The van der Waals surface area contributed by atoms with Gasteiger partial charge in [0.05, 0.1) is 0 Å². The fourth-order valence-electron chi connectivity index (χ4n) is 2.67. The van der Waals surface area contributed by atoms with Crippen LogP contribution in [0.25, 0.3) is 0 Å². The Morgan fingerprint density at radius 3 is 2.35 bits per heavy atom. The molecule has 0 aliphatic carbocycles. The Labute approximate surface area is 142 Å². The molecular weight excluding hydrogens is 308 g/mol. The molecule has 1 aliphatic heterocycles. The lowest BCUT2D eigenvalue weighted by Crippen LogP contribution is -2.29. The number of ether oxygens (including phenoxy) is 2. The molecule has 23 heavy (non-hydrogen) atoms. The van der Waals surface area contributed by atoms with Gasteiger partial charge in [-0.1, -0.05) is 5.92 Å². The highest BCUT2D eigenvalue weighted by Gasteiger charge is 2.28. The Kier molecular flexibility index (Phi) is 5.64. The maximum absolute atomic E-state index is 11.8. The van der Waals surface area contributed by atoms with E-state index >= 15 is 0 Å². The quantitative estimate of drug-likeness (QED) is 0.471. The van der Waals surface area contributed by atoms with Crippen LogP contribution in [-0.4, -0.2) is 29.7 Å². The van der Waals surface area contributed by atoms with Crippen LogP contribution < -0.4 is 4.74 Å². The van der Waals surface area contributed by atoms with E-state index in [1.165, 1.54) is 29.2 Å². The van der Waals surface area contributed by atoms with Crippen LogP contribution in [0.3, 0.4) is 0 Å². The van der Waals surface area contributed by atoms with Crippen LogP contribution in [0, 0.1) is 26.2 Å². The van der Waals surface area contributed by atoms with Gasteiger partial charge in [0.1, 0.15) is 17.3 Å². The summed E-state index contributed by atoms with van der Waals surface area (Å²) in [5.41, 5.74) is 1.24. The van der Waals surface area contributed by atoms with Gasteiger partial charge in [-0.05, 0) is 63.8 Å². The second-order valence-electron chi connectivity index (χ2n) is 6.41. The first-order chi connectivity index (χ1) is 10.8. The molecule has 0 unspecified atom stereocenters. The molecule has 2 rings (SSSR count). The van der Waals surface area contributed by atoms with E-state index in [0.717, 1.165) is 16.9 Å². The van der Waals surface area contributed by atoms with Crippen LogP contribution in [0.2, 0.25) is 0 Å². The summed E-state index contributed by atoms with van der Waals surface area (Å²) in [6, 6.07) is 4.40. The first-order valence-electron chi connectivity index (χ1n) is 7.93. The molecule has 0 saturated carbocycles. The summed E-state index contributed by atoms with van der Waals surface area (Å²) in [5.74, 6) is 5.35. The van der Waals surface area contributed by atoms with Gasteiger partial charge in [-0.15, -0.1) is 6.42 Å². The van der Waals surface area contributed by atoms with Crippen molar-refractivity contribution in [3.8, 4) is 18.1 Å². The lowest BCUT2D eigenvalue weighted by molar-refractivity contribution is -0.154. The molecule has 0 atom stereocenters. The number of rotatable bonds is 5. The molecule has 0 aromatic heterocycles. The van der Waals surface area contributed by atoms with Crippen molar-refractivity contribution in [2.45, 2.75) is 51.0 Å². The average molecular weight is 333 g/mol. The number of esters is 1. The zero-order valence-electron chi connectivity index (χ0n) is 14.4. The first-order valence-corrected chi connectivity index (χ1v) is 9.50. The largest absolute Gasteiger partial charge is 0.481 e. The third-order valence-corrected chi connectivity index (χ3v) is 6.31. The highest BCUT2D eigenvalue weighted by Crippen LogP contribution is 2.30. The van der Waals surface area contributed by atoms with E-state index in [4.69, 9.17) is 15.9 Å². The molecule has 0 amide bonds. The minimum absolute atomic E-state index is 0.127. The van der Waals surface area contributed by atoms with Gasteiger partial charge < -0.3 is 9.47 Å². The van der Waals surface area contributed by atoms with Crippen molar-refractivity contribution >= 4 is 16.9 Å². The molecule has 1 saturated heterocycles.